The Balaban J connectivity index is 1.49. The van der Waals surface area contributed by atoms with E-state index in [1.54, 1.807) is 10.3 Å². The fourth-order valence-electron chi connectivity index (χ4n) is 2.88. The molecule has 0 radical (unpaired) electrons. The second kappa shape index (κ2) is 5.77. The van der Waals surface area contributed by atoms with E-state index in [9.17, 15) is 9.59 Å². The van der Waals surface area contributed by atoms with Crippen LogP contribution in [0, 0.1) is 0 Å². The zero-order valence-corrected chi connectivity index (χ0v) is 13.4. The van der Waals surface area contributed by atoms with Crippen LogP contribution in [0.3, 0.4) is 0 Å². The van der Waals surface area contributed by atoms with E-state index < -0.39 is 0 Å². The molecule has 2 amide bonds. The van der Waals surface area contributed by atoms with Crippen molar-refractivity contribution in [3.63, 3.8) is 0 Å². The number of amides is 2. The molecule has 1 fully saturated rings. The normalized spacial score (nSPS) is 17.5. The quantitative estimate of drug-likeness (QED) is 0.907. The van der Waals surface area contributed by atoms with Crippen molar-refractivity contribution in [2.45, 2.75) is 31.8 Å². The Morgan fingerprint density at radius 2 is 2.09 bits per heavy atom. The van der Waals surface area contributed by atoms with Gasteiger partial charge in [0.2, 0.25) is 0 Å². The zero-order chi connectivity index (χ0) is 15.8. The summed E-state index contributed by atoms with van der Waals surface area (Å²) >= 11 is 1.18. The molecular formula is C15H17N5O2S. The predicted octanol–water partition coefficient (Wildman–Crippen LogP) is 0.930. The van der Waals surface area contributed by atoms with Crippen molar-refractivity contribution in [3.05, 3.63) is 34.6 Å². The summed E-state index contributed by atoms with van der Waals surface area (Å²) in [7, 11) is 0. The molecule has 4 rings (SSSR count). The fourth-order valence-corrected chi connectivity index (χ4v) is 3.31. The Labute approximate surface area is 137 Å². The number of fused-ring (bicyclic) bond motifs is 1. The number of rotatable bonds is 3. The molecule has 2 aromatic rings. The molecule has 1 aliphatic carbocycles. The van der Waals surface area contributed by atoms with Gasteiger partial charge in [-0.3, -0.25) is 9.59 Å². The van der Waals surface area contributed by atoms with Gasteiger partial charge in [0.1, 0.15) is 5.69 Å². The molecule has 7 nitrogen and oxygen atoms in total. The molecule has 8 heteroatoms. The van der Waals surface area contributed by atoms with Crippen LogP contribution in [-0.4, -0.2) is 50.0 Å². The molecule has 1 N–H and O–H groups in total. The van der Waals surface area contributed by atoms with Crippen molar-refractivity contribution in [1.29, 1.82) is 0 Å². The summed E-state index contributed by atoms with van der Waals surface area (Å²) in [6, 6.07) is 4.21. The number of hydrogen-bond acceptors (Lipinski definition) is 5. The fraction of sp³-hybridized carbons (Fsp3) is 0.467. The lowest BCUT2D eigenvalue weighted by Gasteiger charge is -2.18. The average Bonchev–Trinajstić information content (AvgIpc) is 3.10. The molecular weight excluding hydrogens is 314 g/mol. The van der Waals surface area contributed by atoms with Crippen LogP contribution in [-0.2, 0) is 13.0 Å². The molecule has 1 saturated carbocycles. The molecule has 3 heterocycles. The molecule has 120 valence electrons. The van der Waals surface area contributed by atoms with E-state index in [1.807, 2.05) is 16.7 Å². The first-order chi connectivity index (χ1) is 11.2. The van der Waals surface area contributed by atoms with E-state index >= 15 is 0 Å². The molecule has 23 heavy (non-hydrogen) atoms. The van der Waals surface area contributed by atoms with E-state index in [0.29, 0.717) is 37.1 Å². The van der Waals surface area contributed by atoms with Gasteiger partial charge in [0.25, 0.3) is 11.8 Å². The summed E-state index contributed by atoms with van der Waals surface area (Å²) in [5.41, 5.74) is 2.18. The number of carbonyl (C=O) groups excluding carboxylic acids is 2. The van der Waals surface area contributed by atoms with Crippen molar-refractivity contribution < 1.29 is 9.59 Å². The number of carbonyl (C=O) groups is 2. The lowest BCUT2D eigenvalue weighted by Crippen LogP contribution is -2.34. The summed E-state index contributed by atoms with van der Waals surface area (Å²) in [5, 5.41) is 8.55. The van der Waals surface area contributed by atoms with Crippen LogP contribution >= 0.6 is 11.5 Å². The number of nitrogens with one attached hydrogen (secondary N) is 1. The zero-order valence-electron chi connectivity index (χ0n) is 12.6. The van der Waals surface area contributed by atoms with Crippen molar-refractivity contribution in [2.75, 3.05) is 13.1 Å². The maximum absolute atomic E-state index is 12.4. The monoisotopic (exact) mass is 331 g/mol. The lowest BCUT2D eigenvalue weighted by atomic mass is 10.3. The van der Waals surface area contributed by atoms with Gasteiger partial charge in [-0.15, -0.1) is 5.10 Å². The van der Waals surface area contributed by atoms with Crippen LogP contribution in [0.5, 0.6) is 0 Å². The molecule has 0 unspecified atom stereocenters. The standard InChI is InChI=1S/C15H17N5O2S/c21-14(16-10-1-2-10)13-4-3-11-5-6-19(7-8-20(11)13)15(22)12-9-23-18-17-12/h3-4,9-10H,1-2,5-8H2,(H,16,21). The van der Waals surface area contributed by atoms with E-state index in [2.05, 4.69) is 14.9 Å². The second-order valence-corrected chi connectivity index (χ2v) is 6.55. The lowest BCUT2D eigenvalue weighted by molar-refractivity contribution is 0.0753. The first kappa shape index (κ1) is 14.4. The average molecular weight is 331 g/mol. The molecule has 1 aliphatic heterocycles. The number of hydrogen-bond donors (Lipinski definition) is 1. The third-order valence-corrected chi connectivity index (χ3v) is 4.82. The Morgan fingerprint density at radius 1 is 1.22 bits per heavy atom. The Morgan fingerprint density at radius 3 is 2.83 bits per heavy atom. The third kappa shape index (κ3) is 2.86. The van der Waals surface area contributed by atoms with Crippen LogP contribution < -0.4 is 5.32 Å². The Kier molecular flexibility index (Phi) is 3.60. The highest BCUT2D eigenvalue weighted by molar-refractivity contribution is 7.03. The van der Waals surface area contributed by atoms with Gasteiger partial charge >= 0.3 is 0 Å². The van der Waals surface area contributed by atoms with Gasteiger partial charge in [0.15, 0.2) is 5.69 Å². The van der Waals surface area contributed by atoms with E-state index in [1.165, 1.54) is 11.5 Å². The molecule has 0 aromatic carbocycles. The minimum atomic E-state index is -0.0894. The summed E-state index contributed by atoms with van der Waals surface area (Å²) in [6.07, 6.45) is 2.88. The van der Waals surface area contributed by atoms with Crippen molar-refractivity contribution in [2.24, 2.45) is 0 Å². The smallest absolute Gasteiger partial charge is 0.275 e. The number of nitrogens with zero attached hydrogens (tertiary/aromatic N) is 4. The topological polar surface area (TPSA) is 80.1 Å². The highest BCUT2D eigenvalue weighted by Crippen LogP contribution is 2.21. The first-order valence-corrected chi connectivity index (χ1v) is 8.61. The summed E-state index contributed by atoms with van der Waals surface area (Å²) in [4.78, 5) is 26.5. The Bertz CT molecular complexity index is 735. The van der Waals surface area contributed by atoms with Crippen LogP contribution in [0.4, 0.5) is 0 Å². The van der Waals surface area contributed by atoms with Crippen LogP contribution in [0.25, 0.3) is 0 Å². The second-order valence-electron chi connectivity index (χ2n) is 5.94. The van der Waals surface area contributed by atoms with Gasteiger partial charge in [-0.2, -0.15) is 0 Å². The van der Waals surface area contributed by atoms with Crippen molar-refractivity contribution in [3.8, 4) is 0 Å². The third-order valence-electron chi connectivity index (χ3n) is 4.31. The molecule has 2 aromatic heterocycles. The van der Waals surface area contributed by atoms with Crippen LogP contribution in [0.1, 0.15) is 39.5 Å². The van der Waals surface area contributed by atoms with Gasteiger partial charge in [-0.25, -0.2) is 0 Å². The summed E-state index contributed by atoms with van der Waals surface area (Å²) in [5.74, 6) is -0.101. The van der Waals surface area contributed by atoms with Crippen molar-refractivity contribution >= 4 is 23.3 Å². The maximum atomic E-state index is 12.4. The number of aromatic nitrogens is 3. The van der Waals surface area contributed by atoms with Gasteiger partial charge in [-0.1, -0.05) is 4.49 Å². The highest BCUT2D eigenvalue weighted by Gasteiger charge is 2.27. The van der Waals surface area contributed by atoms with Gasteiger partial charge in [-0.05, 0) is 36.5 Å². The van der Waals surface area contributed by atoms with Crippen molar-refractivity contribution in [1.82, 2.24) is 24.4 Å². The molecule has 0 bridgehead atoms. The molecule has 0 atom stereocenters. The highest BCUT2D eigenvalue weighted by atomic mass is 32.1. The minimum absolute atomic E-state index is 0.0118. The minimum Gasteiger partial charge on any atom is -0.348 e. The van der Waals surface area contributed by atoms with Crippen LogP contribution in [0.15, 0.2) is 17.5 Å². The molecule has 0 saturated heterocycles. The van der Waals surface area contributed by atoms with Gasteiger partial charge in [0.05, 0.1) is 0 Å². The Hall–Kier alpha value is -2.22. The summed E-state index contributed by atoms with van der Waals surface area (Å²) < 4.78 is 5.78. The van der Waals surface area contributed by atoms with Gasteiger partial charge < -0.3 is 14.8 Å². The van der Waals surface area contributed by atoms with Crippen LogP contribution in [0.2, 0.25) is 0 Å². The first-order valence-electron chi connectivity index (χ1n) is 7.78. The molecule has 2 aliphatic rings. The maximum Gasteiger partial charge on any atom is 0.275 e. The predicted molar refractivity (Wildman–Crippen MR) is 84.4 cm³/mol. The van der Waals surface area contributed by atoms with E-state index in [0.717, 1.165) is 25.0 Å². The van der Waals surface area contributed by atoms with E-state index in [4.69, 9.17) is 0 Å². The van der Waals surface area contributed by atoms with Gasteiger partial charge in [0, 0.05) is 43.2 Å². The summed E-state index contributed by atoms with van der Waals surface area (Å²) in [6.45, 7) is 1.82. The molecule has 0 spiro atoms. The largest absolute Gasteiger partial charge is 0.348 e. The van der Waals surface area contributed by atoms with E-state index in [-0.39, 0.29) is 11.8 Å². The SMILES string of the molecule is O=C(NC1CC1)c1ccc2n1CCN(C(=O)c1csnn1)CC2.